The number of aliphatic carboxylic acids is 1. The summed E-state index contributed by atoms with van der Waals surface area (Å²) in [5.41, 5.74) is 0. The van der Waals surface area contributed by atoms with E-state index >= 15 is 0 Å². The summed E-state index contributed by atoms with van der Waals surface area (Å²) >= 11 is 0. The molecule has 0 aromatic carbocycles. The Morgan fingerprint density at radius 1 is 1.00 bits per heavy atom. The van der Waals surface area contributed by atoms with Gasteiger partial charge in [-0.3, -0.25) is 0 Å². The zero-order valence-electron chi connectivity index (χ0n) is 12.5. The number of carboxylic acids is 1. The molecule has 0 aromatic heterocycles. The van der Waals surface area contributed by atoms with Gasteiger partial charge in [-0.1, -0.05) is 51.9 Å². The van der Waals surface area contributed by atoms with Crippen molar-refractivity contribution in [3.63, 3.8) is 0 Å². The molecule has 1 N–H and O–H groups in total. The topological polar surface area (TPSA) is 46.5 Å². The minimum absolute atomic E-state index is 0. The van der Waals surface area contributed by atoms with Gasteiger partial charge in [0.1, 0.15) is 6.61 Å². The minimum Gasteiger partial charge on any atom is -0.480 e. The van der Waals surface area contributed by atoms with Crippen LogP contribution < -0.4 is 18.9 Å². The minimum atomic E-state index is -0.880. The average molecular weight is 252 g/mol. The van der Waals surface area contributed by atoms with E-state index in [1.165, 1.54) is 38.5 Å². The van der Waals surface area contributed by atoms with Crippen LogP contribution in [-0.4, -0.2) is 24.3 Å². The van der Waals surface area contributed by atoms with Crippen LogP contribution in [0, 0.1) is 6.92 Å². The number of unbranched alkanes of at least 4 members (excludes halogenated alkanes) is 7. The van der Waals surface area contributed by atoms with E-state index in [9.17, 15) is 4.79 Å². The monoisotopic (exact) mass is 252 g/mol. The van der Waals surface area contributed by atoms with Crippen molar-refractivity contribution in [3.8, 4) is 0 Å². The van der Waals surface area contributed by atoms with E-state index < -0.39 is 5.97 Å². The fourth-order valence-electron chi connectivity index (χ4n) is 1.50. The Hall–Kier alpha value is 0.0274. The molecular weight excluding hydrogens is 223 g/mol. The van der Waals surface area contributed by atoms with Crippen molar-refractivity contribution in [1.29, 1.82) is 0 Å². The van der Waals surface area contributed by atoms with Crippen molar-refractivity contribution in [2.24, 2.45) is 0 Å². The summed E-state index contributed by atoms with van der Waals surface area (Å²) in [5, 5.41) is 8.31. The summed E-state index contributed by atoms with van der Waals surface area (Å²) in [6, 6.07) is 0. The molecule has 0 atom stereocenters. The number of carboxylic acid groups (broad SMARTS) is 1. The molecule has 3 nitrogen and oxygen atoms in total. The molecular formula is C14H29LiO3. The first-order chi connectivity index (χ1) is 8.27. The second-order valence-corrected chi connectivity index (χ2v) is 3.92. The average Bonchev–Trinajstić information content (AvgIpc) is 2.34. The van der Waals surface area contributed by atoms with Gasteiger partial charge in [0.05, 0.1) is 0 Å². The molecule has 0 unspecified atom stereocenters. The van der Waals surface area contributed by atoms with Crippen molar-refractivity contribution in [3.05, 3.63) is 6.92 Å². The maximum Gasteiger partial charge on any atom is 1.00 e. The van der Waals surface area contributed by atoms with Gasteiger partial charge in [-0.2, -0.15) is 6.92 Å². The molecule has 0 rings (SSSR count). The normalized spacial score (nSPS) is 9.06. The van der Waals surface area contributed by atoms with E-state index in [-0.39, 0.29) is 25.5 Å². The van der Waals surface area contributed by atoms with Crippen LogP contribution in [0.1, 0.15) is 65.2 Å². The third kappa shape index (κ3) is 25.0. The smallest absolute Gasteiger partial charge is 0.480 e. The molecule has 0 fully saturated rings. The predicted molar refractivity (Wildman–Crippen MR) is 72.1 cm³/mol. The van der Waals surface area contributed by atoms with Gasteiger partial charge in [-0.05, 0) is 6.42 Å². The quantitative estimate of drug-likeness (QED) is 0.340. The Morgan fingerprint density at radius 2 is 1.44 bits per heavy atom. The molecule has 0 saturated heterocycles. The fourth-order valence-corrected chi connectivity index (χ4v) is 1.50. The van der Waals surface area contributed by atoms with Crippen LogP contribution in [0.5, 0.6) is 0 Å². The summed E-state index contributed by atoms with van der Waals surface area (Å²) < 4.78 is 4.94. The van der Waals surface area contributed by atoms with Gasteiger partial charge in [0, 0.05) is 6.61 Å². The third-order valence-electron chi connectivity index (χ3n) is 2.37. The zero-order chi connectivity index (χ0) is 13.4. The molecule has 0 saturated carbocycles. The Labute approximate surface area is 125 Å². The van der Waals surface area contributed by atoms with E-state index in [0.717, 1.165) is 12.8 Å². The molecule has 18 heavy (non-hydrogen) atoms. The Bertz CT molecular complexity index is 152. The van der Waals surface area contributed by atoms with Crippen molar-refractivity contribution >= 4 is 5.97 Å². The summed E-state index contributed by atoms with van der Waals surface area (Å²) in [5.74, 6) is -0.880. The largest absolute Gasteiger partial charge is 1.00 e. The van der Waals surface area contributed by atoms with Gasteiger partial charge >= 0.3 is 24.8 Å². The van der Waals surface area contributed by atoms with Crippen molar-refractivity contribution in [2.45, 2.75) is 65.2 Å². The van der Waals surface area contributed by atoms with Gasteiger partial charge in [0.2, 0.25) is 0 Å². The molecule has 0 bridgehead atoms. The third-order valence-corrected chi connectivity index (χ3v) is 2.37. The SMILES string of the molecule is CCCCCCCCCCOCC(=O)O.[CH2-]C.[Li+]. The Kier molecular flexibility index (Phi) is 28.6. The zero-order valence-corrected chi connectivity index (χ0v) is 12.5. The van der Waals surface area contributed by atoms with Crippen molar-refractivity contribution < 1.29 is 33.5 Å². The molecule has 0 aliphatic rings. The van der Waals surface area contributed by atoms with Gasteiger partial charge in [-0.15, -0.1) is 0 Å². The van der Waals surface area contributed by atoms with E-state index in [0.29, 0.717) is 6.61 Å². The molecule has 0 amide bonds. The van der Waals surface area contributed by atoms with Gasteiger partial charge in [0.25, 0.3) is 0 Å². The molecule has 4 heteroatoms. The molecule has 0 aromatic rings. The molecule has 104 valence electrons. The first-order valence-electron chi connectivity index (χ1n) is 6.77. The fraction of sp³-hybridized carbons (Fsp3) is 0.857. The number of carbonyl (C=O) groups is 1. The maximum atomic E-state index is 10.1. The molecule has 0 spiro atoms. The summed E-state index contributed by atoms with van der Waals surface area (Å²) in [6.45, 7) is 7.65. The van der Waals surface area contributed by atoms with Crippen LogP contribution in [0.3, 0.4) is 0 Å². The standard InChI is InChI=1S/C12H24O3.C2H5.Li/c1-2-3-4-5-6-7-8-9-10-15-11-12(13)14;1-2;/h2-11H2,1H3,(H,13,14);1H2,2H3;/q;-1;+1. The maximum absolute atomic E-state index is 10.1. The molecule has 0 heterocycles. The summed E-state index contributed by atoms with van der Waals surface area (Å²) in [7, 11) is 0. The molecule has 0 aliphatic carbocycles. The van der Waals surface area contributed by atoms with Crippen LogP contribution in [0.15, 0.2) is 0 Å². The van der Waals surface area contributed by atoms with Crippen LogP contribution in [0.4, 0.5) is 0 Å². The van der Waals surface area contributed by atoms with E-state index in [2.05, 4.69) is 13.8 Å². The first-order valence-corrected chi connectivity index (χ1v) is 6.77. The number of hydrogen-bond donors (Lipinski definition) is 1. The van der Waals surface area contributed by atoms with Gasteiger partial charge in [-0.25, -0.2) is 4.79 Å². The van der Waals surface area contributed by atoms with Crippen LogP contribution in [0.2, 0.25) is 0 Å². The van der Waals surface area contributed by atoms with E-state index in [1.807, 2.05) is 0 Å². The Morgan fingerprint density at radius 3 is 1.89 bits per heavy atom. The first kappa shape index (κ1) is 23.1. The molecule has 0 radical (unpaired) electrons. The number of ether oxygens (including phenoxy) is 1. The van der Waals surface area contributed by atoms with Gasteiger partial charge < -0.3 is 16.8 Å². The summed E-state index contributed by atoms with van der Waals surface area (Å²) in [6.07, 6.45) is 10.0. The number of rotatable bonds is 11. The van der Waals surface area contributed by atoms with E-state index in [1.54, 1.807) is 6.92 Å². The van der Waals surface area contributed by atoms with Crippen molar-refractivity contribution in [1.82, 2.24) is 0 Å². The predicted octanol–water partition coefficient (Wildman–Crippen LogP) is 1.07. The van der Waals surface area contributed by atoms with Crippen LogP contribution >= 0.6 is 0 Å². The summed E-state index contributed by atoms with van der Waals surface area (Å²) in [4.78, 5) is 10.1. The van der Waals surface area contributed by atoms with E-state index in [4.69, 9.17) is 9.84 Å². The second-order valence-electron chi connectivity index (χ2n) is 3.92. The van der Waals surface area contributed by atoms with Crippen LogP contribution in [-0.2, 0) is 9.53 Å². The molecule has 0 aliphatic heterocycles. The Balaban J connectivity index is -0.000000709. The van der Waals surface area contributed by atoms with Crippen LogP contribution in [0.25, 0.3) is 0 Å². The van der Waals surface area contributed by atoms with Crippen molar-refractivity contribution in [2.75, 3.05) is 13.2 Å². The second kappa shape index (κ2) is 22.2. The number of hydrogen-bond acceptors (Lipinski definition) is 2. The van der Waals surface area contributed by atoms with Gasteiger partial charge in [0.15, 0.2) is 0 Å².